The number of halogens is 3. The van der Waals surface area contributed by atoms with Crippen molar-refractivity contribution in [3.63, 3.8) is 0 Å². The summed E-state index contributed by atoms with van der Waals surface area (Å²) in [6.07, 6.45) is -2.83. The first-order valence-electron chi connectivity index (χ1n) is 4.12. The van der Waals surface area contributed by atoms with Crippen molar-refractivity contribution in [1.82, 2.24) is 0 Å². The van der Waals surface area contributed by atoms with E-state index < -0.39 is 24.4 Å². The van der Waals surface area contributed by atoms with Gasteiger partial charge in [-0.1, -0.05) is 0 Å². The summed E-state index contributed by atoms with van der Waals surface area (Å²) in [5.74, 6) is 0. The molecule has 0 saturated heterocycles. The molecule has 1 atom stereocenters. The van der Waals surface area contributed by atoms with Gasteiger partial charge in [-0.3, -0.25) is 0 Å². The summed E-state index contributed by atoms with van der Waals surface area (Å²) in [4.78, 5) is 0. The van der Waals surface area contributed by atoms with Crippen LogP contribution in [0, 0.1) is 0 Å². The molecule has 0 aromatic rings. The van der Waals surface area contributed by atoms with Crippen molar-refractivity contribution in [2.75, 3.05) is 6.61 Å². The first-order chi connectivity index (χ1) is 5.96. The predicted molar refractivity (Wildman–Crippen MR) is 42.0 cm³/mol. The van der Waals surface area contributed by atoms with Crippen molar-refractivity contribution in [3.8, 4) is 0 Å². The molecule has 0 aromatic heterocycles. The molecule has 0 spiro atoms. The zero-order valence-corrected chi connectivity index (χ0v) is 7.06. The van der Waals surface area contributed by atoms with Crippen LogP contribution in [0.3, 0.4) is 0 Å². The highest BCUT2D eigenvalue weighted by Crippen LogP contribution is 2.34. The number of hydrogen-bond donors (Lipinski definition) is 2. The van der Waals surface area contributed by atoms with Crippen LogP contribution in [0.5, 0.6) is 0 Å². The van der Waals surface area contributed by atoms with E-state index >= 15 is 0 Å². The summed E-state index contributed by atoms with van der Waals surface area (Å²) in [5.41, 5.74) is 4.81. The molecule has 1 fully saturated rings. The van der Waals surface area contributed by atoms with Crippen LogP contribution >= 0.6 is 0 Å². The average Bonchev–Trinajstić information content (AvgIpc) is 2.35. The summed E-state index contributed by atoms with van der Waals surface area (Å²) >= 11 is 0. The molecule has 76 valence electrons. The molecule has 0 unspecified atom stereocenters. The second-order valence-electron chi connectivity index (χ2n) is 3.16. The van der Waals surface area contributed by atoms with Crippen LogP contribution in [0.15, 0.2) is 11.1 Å². The van der Waals surface area contributed by atoms with E-state index in [-0.39, 0.29) is 5.57 Å². The summed E-state index contributed by atoms with van der Waals surface area (Å²) in [7, 11) is 0. The lowest BCUT2D eigenvalue weighted by molar-refractivity contribution is -0.0987. The van der Waals surface area contributed by atoms with E-state index in [2.05, 4.69) is 0 Å². The summed E-state index contributed by atoms with van der Waals surface area (Å²) in [5, 5.41) is 8.61. The van der Waals surface area contributed by atoms with E-state index in [4.69, 9.17) is 10.8 Å². The normalized spacial score (nSPS) is 27.9. The molecule has 1 saturated carbocycles. The number of aliphatic hydroxyl groups excluding tert-OH is 1. The van der Waals surface area contributed by atoms with E-state index in [0.717, 1.165) is 0 Å². The summed E-state index contributed by atoms with van der Waals surface area (Å²) < 4.78 is 36.8. The molecule has 1 rings (SSSR count). The van der Waals surface area contributed by atoms with Crippen LogP contribution in [0.4, 0.5) is 13.2 Å². The van der Waals surface area contributed by atoms with Crippen LogP contribution in [-0.4, -0.2) is 23.9 Å². The summed E-state index contributed by atoms with van der Waals surface area (Å²) in [6.45, 7) is -0.966. The van der Waals surface area contributed by atoms with E-state index in [1.807, 2.05) is 0 Å². The molecule has 3 N–H and O–H groups in total. The van der Waals surface area contributed by atoms with E-state index in [0.29, 0.717) is 19.3 Å². The molecule has 2 nitrogen and oxygen atoms in total. The van der Waals surface area contributed by atoms with Gasteiger partial charge in [-0.2, -0.15) is 13.2 Å². The number of rotatable bonds is 1. The first kappa shape index (κ1) is 10.5. The Labute approximate surface area is 74.2 Å². The highest BCUT2D eigenvalue weighted by Gasteiger charge is 2.37. The lowest BCUT2D eigenvalue weighted by atomic mass is 10.0. The Kier molecular flexibility index (Phi) is 2.98. The van der Waals surface area contributed by atoms with Gasteiger partial charge in [0.25, 0.3) is 0 Å². The van der Waals surface area contributed by atoms with Crippen molar-refractivity contribution < 1.29 is 18.3 Å². The molecule has 0 bridgehead atoms. The van der Waals surface area contributed by atoms with Crippen molar-refractivity contribution in [1.29, 1.82) is 0 Å². The van der Waals surface area contributed by atoms with Crippen LogP contribution < -0.4 is 5.73 Å². The molecule has 1 aliphatic carbocycles. The predicted octanol–water partition coefficient (Wildman–Crippen LogP) is 1.35. The van der Waals surface area contributed by atoms with Gasteiger partial charge in [0, 0.05) is 6.04 Å². The van der Waals surface area contributed by atoms with E-state index in [1.165, 1.54) is 0 Å². The lowest BCUT2D eigenvalue weighted by Crippen LogP contribution is -2.25. The van der Waals surface area contributed by atoms with Crippen LogP contribution in [0.25, 0.3) is 0 Å². The Bertz CT molecular complexity index is 222. The fraction of sp³-hybridized carbons (Fsp3) is 0.750. The minimum Gasteiger partial charge on any atom is -0.392 e. The first-order valence-corrected chi connectivity index (χ1v) is 4.12. The third kappa shape index (κ3) is 2.22. The molecule has 1 aliphatic rings. The Hall–Kier alpha value is -0.550. The molecular weight excluding hydrogens is 183 g/mol. The molecule has 13 heavy (non-hydrogen) atoms. The Morgan fingerprint density at radius 2 is 2.15 bits per heavy atom. The highest BCUT2D eigenvalue weighted by molar-refractivity contribution is 5.26. The zero-order chi connectivity index (χ0) is 10.1. The van der Waals surface area contributed by atoms with Gasteiger partial charge in [-0.05, 0) is 24.8 Å². The molecule has 0 radical (unpaired) electrons. The second-order valence-corrected chi connectivity index (χ2v) is 3.16. The zero-order valence-electron chi connectivity index (χ0n) is 7.06. The third-order valence-electron chi connectivity index (χ3n) is 2.30. The lowest BCUT2D eigenvalue weighted by Gasteiger charge is -2.15. The number of aliphatic hydroxyl groups is 1. The van der Waals surface area contributed by atoms with Crippen molar-refractivity contribution in [3.05, 3.63) is 11.1 Å². The van der Waals surface area contributed by atoms with Crippen LogP contribution in [-0.2, 0) is 0 Å². The Morgan fingerprint density at radius 1 is 1.54 bits per heavy atom. The minimum atomic E-state index is -4.44. The van der Waals surface area contributed by atoms with Gasteiger partial charge in [0.1, 0.15) is 0 Å². The maximum absolute atomic E-state index is 12.3. The topological polar surface area (TPSA) is 46.2 Å². The quantitative estimate of drug-likeness (QED) is 0.620. The SMILES string of the molecule is N[C@H]1CCC/C1=C(/CO)C(F)(F)F. The molecule has 0 aromatic carbocycles. The van der Waals surface area contributed by atoms with Gasteiger partial charge in [-0.25, -0.2) is 0 Å². The van der Waals surface area contributed by atoms with Gasteiger partial charge >= 0.3 is 6.18 Å². The largest absolute Gasteiger partial charge is 0.414 e. The van der Waals surface area contributed by atoms with Crippen molar-refractivity contribution in [2.24, 2.45) is 5.73 Å². The summed E-state index contributed by atoms with van der Waals surface area (Å²) in [6, 6.07) is -0.524. The number of hydrogen-bond acceptors (Lipinski definition) is 2. The number of nitrogens with two attached hydrogens (primary N) is 1. The smallest absolute Gasteiger partial charge is 0.392 e. The van der Waals surface area contributed by atoms with Crippen molar-refractivity contribution in [2.45, 2.75) is 31.5 Å². The third-order valence-corrected chi connectivity index (χ3v) is 2.30. The van der Waals surface area contributed by atoms with Crippen LogP contribution in [0.1, 0.15) is 19.3 Å². The number of alkyl halides is 3. The van der Waals surface area contributed by atoms with Gasteiger partial charge in [-0.15, -0.1) is 0 Å². The molecule has 0 aliphatic heterocycles. The van der Waals surface area contributed by atoms with Crippen LogP contribution in [0.2, 0.25) is 0 Å². The van der Waals surface area contributed by atoms with Gasteiger partial charge in [0.05, 0.1) is 12.2 Å². The van der Waals surface area contributed by atoms with Gasteiger partial charge in [0.2, 0.25) is 0 Å². The monoisotopic (exact) mass is 195 g/mol. The van der Waals surface area contributed by atoms with Gasteiger partial charge < -0.3 is 10.8 Å². The molecule has 0 heterocycles. The van der Waals surface area contributed by atoms with Gasteiger partial charge in [0.15, 0.2) is 0 Å². The minimum absolute atomic E-state index is 0.176. The standard InChI is InChI=1S/C8H12F3NO/c9-8(10,11)6(4-13)5-2-1-3-7(5)12/h7,13H,1-4,12H2/b6-5+/t7-/m0/s1. The Morgan fingerprint density at radius 3 is 2.46 bits per heavy atom. The molecule has 5 heteroatoms. The van der Waals surface area contributed by atoms with E-state index in [9.17, 15) is 13.2 Å². The maximum atomic E-state index is 12.3. The highest BCUT2D eigenvalue weighted by atomic mass is 19.4. The van der Waals surface area contributed by atoms with Crippen molar-refractivity contribution >= 4 is 0 Å². The Balaban J connectivity index is 2.97. The average molecular weight is 195 g/mol. The van der Waals surface area contributed by atoms with E-state index in [1.54, 1.807) is 0 Å². The fourth-order valence-electron chi connectivity index (χ4n) is 1.62. The fourth-order valence-corrected chi connectivity index (χ4v) is 1.62. The molecular formula is C8H12F3NO. The second kappa shape index (κ2) is 3.67. The maximum Gasteiger partial charge on any atom is 0.414 e. The molecule has 0 amide bonds.